The Hall–Kier alpha value is -1.39. The lowest BCUT2D eigenvalue weighted by Crippen LogP contribution is -2.59. The molecule has 4 heteroatoms. The summed E-state index contributed by atoms with van der Waals surface area (Å²) in [4.78, 5) is 14.3. The number of carbonyl (C=O) groups excluding carboxylic acids is 1. The Morgan fingerprint density at radius 3 is 3.00 bits per heavy atom. The van der Waals surface area contributed by atoms with Crippen LogP contribution in [0.4, 0.5) is 0 Å². The Kier molecular flexibility index (Phi) is 3.92. The molecule has 1 amide bonds. The Morgan fingerprint density at radius 2 is 2.29 bits per heavy atom. The summed E-state index contributed by atoms with van der Waals surface area (Å²) in [5, 5.41) is 0. The Balaban J connectivity index is 1.64. The summed E-state index contributed by atoms with van der Waals surface area (Å²) in [7, 11) is 0. The third kappa shape index (κ3) is 2.47. The zero-order valence-electron chi connectivity index (χ0n) is 14.8. The molecule has 0 aromatic heterocycles. The molecule has 1 aliphatic carbocycles. The molecule has 2 heterocycles. The maximum Gasteiger partial charge on any atom is 0.248 e. The highest BCUT2D eigenvalue weighted by molar-refractivity contribution is 5.93. The quantitative estimate of drug-likeness (QED) is 0.927. The van der Waals surface area contributed by atoms with Gasteiger partial charge in [0.25, 0.3) is 0 Å². The number of piperidine rings is 1. The van der Waals surface area contributed by atoms with Crippen LogP contribution >= 0.6 is 0 Å². The van der Waals surface area contributed by atoms with Gasteiger partial charge in [0.1, 0.15) is 0 Å². The van der Waals surface area contributed by atoms with Crippen molar-refractivity contribution in [2.75, 3.05) is 19.7 Å². The molecule has 2 N–H and O–H groups in total. The van der Waals surface area contributed by atoms with Crippen molar-refractivity contribution in [1.82, 2.24) is 4.90 Å². The second kappa shape index (κ2) is 5.85. The normalized spacial score (nSPS) is 35.7. The van der Waals surface area contributed by atoms with Crippen LogP contribution in [0.1, 0.15) is 54.6 Å². The van der Waals surface area contributed by atoms with E-state index in [4.69, 9.17) is 10.5 Å². The summed E-state index contributed by atoms with van der Waals surface area (Å²) in [6.45, 7) is 7.86. The van der Waals surface area contributed by atoms with Gasteiger partial charge in [-0.05, 0) is 66.8 Å². The summed E-state index contributed by atoms with van der Waals surface area (Å²) >= 11 is 0. The fourth-order valence-electron chi connectivity index (χ4n) is 5.14. The van der Waals surface area contributed by atoms with Crippen molar-refractivity contribution in [3.05, 3.63) is 34.9 Å². The molecule has 2 fully saturated rings. The summed E-state index contributed by atoms with van der Waals surface area (Å²) in [6.07, 6.45) is 5.02. The molecule has 0 spiro atoms. The summed E-state index contributed by atoms with van der Waals surface area (Å²) in [5.74, 6) is 0.246. The molecular formula is C20H28N2O2. The molecule has 1 aromatic carbocycles. The lowest BCUT2D eigenvalue weighted by molar-refractivity contribution is -0.00666. The van der Waals surface area contributed by atoms with Gasteiger partial charge in [-0.15, -0.1) is 0 Å². The van der Waals surface area contributed by atoms with Gasteiger partial charge in [0, 0.05) is 24.8 Å². The molecule has 3 aliphatic rings. The fraction of sp³-hybridized carbons (Fsp3) is 0.650. The molecule has 0 radical (unpaired) electrons. The Bertz CT molecular complexity index is 653. The van der Waals surface area contributed by atoms with Crippen LogP contribution in [0.3, 0.4) is 0 Å². The third-order valence-corrected chi connectivity index (χ3v) is 6.87. The van der Waals surface area contributed by atoms with E-state index in [1.54, 1.807) is 0 Å². The van der Waals surface area contributed by atoms with Gasteiger partial charge in [0.05, 0.1) is 6.10 Å². The van der Waals surface area contributed by atoms with Gasteiger partial charge in [-0.2, -0.15) is 0 Å². The number of benzene rings is 1. The Morgan fingerprint density at radius 1 is 1.46 bits per heavy atom. The van der Waals surface area contributed by atoms with Crippen LogP contribution in [-0.4, -0.2) is 42.6 Å². The predicted molar refractivity (Wildman–Crippen MR) is 94.1 cm³/mol. The molecule has 4 atom stereocenters. The summed E-state index contributed by atoms with van der Waals surface area (Å²) in [6, 6.07) is 6.64. The van der Waals surface area contributed by atoms with Crippen LogP contribution in [0.25, 0.3) is 0 Å². The number of amides is 1. The summed E-state index contributed by atoms with van der Waals surface area (Å²) in [5.41, 5.74) is 9.02. The Labute approximate surface area is 144 Å². The topological polar surface area (TPSA) is 55.6 Å². The lowest BCUT2D eigenvalue weighted by atomic mass is 9.59. The van der Waals surface area contributed by atoms with E-state index in [0.717, 1.165) is 32.5 Å². The highest BCUT2D eigenvalue weighted by Crippen LogP contribution is 2.48. The van der Waals surface area contributed by atoms with Crippen molar-refractivity contribution < 1.29 is 9.53 Å². The SMILES string of the molecule is C[C@H]1[C@H]2Cc3ccc(C(N)=O)cc3[C@]1(C)CCN2C[C@H]1CCCO1. The second-order valence-corrected chi connectivity index (χ2v) is 8.09. The number of rotatable bonds is 3. The van der Waals surface area contributed by atoms with E-state index in [9.17, 15) is 4.79 Å². The number of nitrogens with zero attached hydrogens (tertiary/aromatic N) is 1. The molecule has 0 unspecified atom stereocenters. The van der Waals surface area contributed by atoms with Crippen LogP contribution in [0, 0.1) is 5.92 Å². The first-order valence-electron chi connectivity index (χ1n) is 9.28. The molecule has 2 saturated heterocycles. The molecule has 1 aromatic rings. The maximum absolute atomic E-state index is 11.6. The van der Waals surface area contributed by atoms with Crippen LogP contribution in [0.15, 0.2) is 18.2 Å². The second-order valence-electron chi connectivity index (χ2n) is 8.09. The lowest BCUT2D eigenvalue weighted by Gasteiger charge is -2.55. The highest BCUT2D eigenvalue weighted by atomic mass is 16.5. The van der Waals surface area contributed by atoms with Gasteiger partial charge in [-0.25, -0.2) is 0 Å². The number of fused-ring (bicyclic) bond motifs is 4. The smallest absolute Gasteiger partial charge is 0.248 e. The van der Waals surface area contributed by atoms with Crippen molar-refractivity contribution in [2.45, 2.75) is 57.1 Å². The van der Waals surface area contributed by atoms with E-state index in [1.807, 2.05) is 6.07 Å². The summed E-state index contributed by atoms with van der Waals surface area (Å²) < 4.78 is 5.87. The molecule has 2 aliphatic heterocycles. The standard InChI is InChI=1S/C20H28N2O2/c1-13-18-11-14-5-6-15(19(21)23)10-17(14)20(13,2)7-8-22(18)12-16-4-3-9-24-16/h5-6,10,13,16,18H,3-4,7-9,11-12H2,1-2H3,(H2,21,23)/t13-,16+,18+,20+/m0/s1. The number of nitrogens with two attached hydrogens (primary N) is 1. The zero-order valence-corrected chi connectivity index (χ0v) is 14.8. The maximum atomic E-state index is 11.6. The van der Waals surface area contributed by atoms with Crippen LogP contribution in [0.5, 0.6) is 0 Å². The first kappa shape index (κ1) is 16.1. The van der Waals surface area contributed by atoms with E-state index in [1.165, 1.54) is 24.0 Å². The number of carbonyl (C=O) groups is 1. The minimum atomic E-state index is -0.327. The predicted octanol–water partition coefficient (Wildman–Crippen LogP) is 2.49. The van der Waals surface area contributed by atoms with Gasteiger partial charge in [0.15, 0.2) is 0 Å². The molecule has 130 valence electrons. The minimum absolute atomic E-state index is 0.136. The van der Waals surface area contributed by atoms with Gasteiger partial charge in [-0.1, -0.05) is 19.9 Å². The van der Waals surface area contributed by atoms with Crippen molar-refractivity contribution in [2.24, 2.45) is 11.7 Å². The largest absolute Gasteiger partial charge is 0.377 e. The van der Waals surface area contributed by atoms with Crippen LogP contribution in [0.2, 0.25) is 0 Å². The third-order valence-electron chi connectivity index (χ3n) is 6.87. The van der Waals surface area contributed by atoms with Crippen LogP contribution in [-0.2, 0) is 16.6 Å². The van der Waals surface area contributed by atoms with Gasteiger partial charge < -0.3 is 10.5 Å². The van der Waals surface area contributed by atoms with Crippen molar-refractivity contribution in [3.8, 4) is 0 Å². The van der Waals surface area contributed by atoms with Gasteiger partial charge in [0.2, 0.25) is 5.91 Å². The molecule has 24 heavy (non-hydrogen) atoms. The molecule has 4 rings (SSSR count). The zero-order chi connectivity index (χ0) is 16.9. The van der Waals surface area contributed by atoms with Crippen molar-refractivity contribution in [1.29, 1.82) is 0 Å². The van der Waals surface area contributed by atoms with E-state index in [-0.39, 0.29) is 11.3 Å². The molecule has 0 saturated carbocycles. The molecule has 4 nitrogen and oxygen atoms in total. The van der Waals surface area contributed by atoms with Gasteiger partial charge in [-0.3, -0.25) is 9.69 Å². The average Bonchev–Trinajstić information content (AvgIpc) is 3.06. The minimum Gasteiger partial charge on any atom is -0.377 e. The van der Waals surface area contributed by atoms with E-state index in [2.05, 4.69) is 30.9 Å². The van der Waals surface area contributed by atoms with Crippen molar-refractivity contribution in [3.63, 3.8) is 0 Å². The number of ether oxygens (including phenoxy) is 1. The number of likely N-dealkylation sites (tertiary alicyclic amines) is 1. The molecular weight excluding hydrogens is 300 g/mol. The number of primary amides is 1. The van der Waals surface area contributed by atoms with E-state index >= 15 is 0 Å². The first-order chi connectivity index (χ1) is 11.5. The van der Waals surface area contributed by atoms with E-state index < -0.39 is 0 Å². The van der Waals surface area contributed by atoms with E-state index in [0.29, 0.717) is 23.6 Å². The number of hydrogen-bond acceptors (Lipinski definition) is 3. The first-order valence-corrected chi connectivity index (χ1v) is 9.28. The number of hydrogen-bond donors (Lipinski definition) is 1. The average molecular weight is 328 g/mol. The molecule has 2 bridgehead atoms. The fourth-order valence-corrected chi connectivity index (χ4v) is 5.14. The van der Waals surface area contributed by atoms with Crippen LogP contribution < -0.4 is 5.73 Å². The van der Waals surface area contributed by atoms with Gasteiger partial charge >= 0.3 is 0 Å². The highest BCUT2D eigenvalue weighted by Gasteiger charge is 2.48. The van der Waals surface area contributed by atoms with Crippen molar-refractivity contribution >= 4 is 5.91 Å². The monoisotopic (exact) mass is 328 g/mol.